The van der Waals surface area contributed by atoms with Gasteiger partial charge in [-0.1, -0.05) is 25.3 Å². The standard InChI is InChI=1S/C19H31NO4.H2S/c1-3-12-24-16-10-7-11-20(14-16)18(21)13-17(19(22)23-2)15-8-5-4-6-9-15;/h3,15-17H,1,4-14H2,2H3;1H2/t16?,17-;/m0./s1. The van der Waals surface area contributed by atoms with Gasteiger partial charge >= 0.3 is 5.97 Å². The highest BCUT2D eigenvalue weighted by Crippen LogP contribution is 2.33. The molecule has 2 rings (SSSR count). The maximum atomic E-state index is 12.7. The lowest BCUT2D eigenvalue weighted by Gasteiger charge is -2.34. The molecule has 1 saturated carbocycles. The molecule has 1 aliphatic carbocycles. The van der Waals surface area contributed by atoms with Crippen LogP contribution < -0.4 is 0 Å². The van der Waals surface area contributed by atoms with Crippen LogP contribution in [-0.4, -0.2) is 49.7 Å². The minimum absolute atomic E-state index is 0. The minimum atomic E-state index is -0.294. The van der Waals surface area contributed by atoms with Crippen LogP contribution in [0.3, 0.4) is 0 Å². The van der Waals surface area contributed by atoms with Gasteiger partial charge in [-0.05, 0) is 31.6 Å². The number of nitrogens with zero attached hydrogens (tertiary/aromatic N) is 1. The van der Waals surface area contributed by atoms with Crippen molar-refractivity contribution in [2.75, 3.05) is 26.8 Å². The molecule has 2 aliphatic rings. The van der Waals surface area contributed by atoms with Crippen LogP contribution in [0, 0.1) is 11.8 Å². The number of methoxy groups -OCH3 is 1. The zero-order chi connectivity index (χ0) is 17.4. The fourth-order valence-corrected chi connectivity index (χ4v) is 3.95. The van der Waals surface area contributed by atoms with Crippen molar-refractivity contribution in [2.24, 2.45) is 11.8 Å². The quantitative estimate of drug-likeness (QED) is 0.510. The highest BCUT2D eigenvalue weighted by Gasteiger charge is 2.34. The first-order valence-electron chi connectivity index (χ1n) is 9.23. The molecule has 2 atom stereocenters. The van der Waals surface area contributed by atoms with E-state index < -0.39 is 0 Å². The van der Waals surface area contributed by atoms with Crippen LogP contribution in [0.15, 0.2) is 12.7 Å². The van der Waals surface area contributed by atoms with Gasteiger partial charge in [-0.2, -0.15) is 13.5 Å². The summed E-state index contributed by atoms with van der Waals surface area (Å²) in [5, 5.41) is 0. The zero-order valence-corrected chi connectivity index (χ0v) is 16.4. The molecule has 0 aromatic heterocycles. The molecule has 1 aliphatic heterocycles. The number of carbonyl (C=O) groups excluding carboxylic acids is 2. The van der Waals surface area contributed by atoms with Gasteiger partial charge < -0.3 is 14.4 Å². The van der Waals surface area contributed by atoms with Crippen molar-refractivity contribution < 1.29 is 19.1 Å². The van der Waals surface area contributed by atoms with Gasteiger partial charge in [-0.25, -0.2) is 0 Å². The van der Waals surface area contributed by atoms with Crippen molar-refractivity contribution >= 4 is 25.4 Å². The van der Waals surface area contributed by atoms with Crippen molar-refractivity contribution in [2.45, 2.75) is 57.5 Å². The van der Waals surface area contributed by atoms with Crippen LogP contribution in [0.25, 0.3) is 0 Å². The molecule has 5 nitrogen and oxygen atoms in total. The van der Waals surface area contributed by atoms with E-state index in [4.69, 9.17) is 9.47 Å². The second-order valence-corrected chi connectivity index (χ2v) is 6.96. The predicted molar refractivity (Wildman–Crippen MR) is 103 cm³/mol. The average Bonchev–Trinajstić information content (AvgIpc) is 2.64. The maximum absolute atomic E-state index is 12.7. The number of hydrogen-bond donors (Lipinski definition) is 0. The Morgan fingerprint density at radius 1 is 1.20 bits per heavy atom. The molecule has 1 amide bonds. The van der Waals surface area contributed by atoms with Gasteiger partial charge in [0.1, 0.15) is 0 Å². The smallest absolute Gasteiger partial charge is 0.309 e. The second-order valence-electron chi connectivity index (χ2n) is 6.96. The molecule has 0 aromatic rings. The number of piperidine rings is 1. The lowest BCUT2D eigenvalue weighted by molar-refractivity contribution is -0.152. The summed E-state index contributed by atoms with van der Waals surface area (Å²) in [6, 6.07) is 0. The summed E-state index contributed by atoms with van der Waals surface area (Å²) in [7, 11) is 1.42. The highest BCUT2D eigenvalue weighted by molar-refractivity contribution is 7.59. The fourth-order valence-electron chi connectivity index (χ4n) is 3.95. The van der Waals surface area contributed by atoms with E-state index in [0.717, 1.165) is 45.1 Å². The van der Waals surface area contributed by atoms with E-state index in [1.54, 1.807) is 6.08 Å². The van der Waals surface area contributed by atoms with Crippen molar-refractivity contribution in [1.82, 2.24) is 4.90 Å². The van der Waals surface area contributed by atoms with Crippen molar-refractivity contribution in [1.29, 1.82) is 0 Å². The fraction of sp³-hybridized carbons (Fsp3) is 0.789. The van der Waals surface area contributed by atoms with Gasteiger partial charge in [-0.15, -0.1) is 6.58 Å². The Hall–Kier alpha value is -1.01. The molecule has 25 heavy (non-hydrogen) atoms. The number of likely N-dealkylation sites (tertiary alicyclic amines) is 1. The summed E-state index contributed by atoms with van der Waals surface area (Å²) in [6.45, 7) is 5.55. The minimum Gasteiger partial charge on any atom is -0.469 e. The van der Waals surface area contributed by atoms with Crippen LogP contribution in [-0.2, 0) is 19.1 Å². The predicted octanol–water partition coefficient (Wildman–Crippen LogP) is 3.05. The third-order valence-electron chi connectivity index (χ3n) is 5.30. The summed E-state index contributed by atoms with van der Waals surface area (Å²) in [6.07, 6.45) is 9.57. The van der Waals surface area contributed by atoms with Crippen LogP contribution in [0.5, 0.6) is 0 Å². The van der Waals surface area contributed by atoms with Gasteiger partial charge in [0.2, 0.25) is 5.91 Å². The molecule has 0 bridgehead atoms. The first kappa shape index (κ1) is 22.0. The molecule has 1 saturated heterocycles. The first-order valence-corrected chi connectivity index (χ1v) is 9.23. The van der Waals surface area contributed by atoms with E-state index in [1.165, 1.54) is 13.5 Å². The lowest BCUT2D eigenvalue weighted by Crippen LogP contribution is -2.45. The molecule has 1 unspecified atom stereocenters. The van der Waals surface area contributed by atoms with Gasteiger partial charge in [0, 0.05) is 19.5 Å². The molecule has 0 N–H and O–H groups in total. The van der Waals surface area contributed by atoms with Gasteiger partial charge in [0.05, 0.1) is 25.7 Å². The van der Waals surface area contributed by atoms with Crippen molar-refractivity contribution in [3.8, 4) is 0 Å². The van der Waals surface area contributed by atoms with Crippen molar-refractivity contribution in [3.05, 3.63) is 12.7 Å². The Morgan fingerprint density at radius 3 is 2.56 bits per heavy atom. The largest absolute Gasteiger partial charge is 0.469 e. The number of amides is 1. The molecule has 0 aromatic carbocycles. The van der Waals surface area contributed by atoms with Gasteiger partial charge in [0.15, 0.2) is 0 Å². The van der Waals surface area contributed by atoms with Crippen LogP contribution in [0.4, 0.5) is 0 Å². The number of esters is 1. The summed E-state index contributed by atoms with van der Waals surface area (Å²) >= 11 is 0. The van der Waals surface area contributed by atoms with E-state index >= 15 is 0 Å². The zero-order valence-electron chi connectivity index (χ0n) is 15.4. The van der Waals surface area contributed by atoms with Gasteiger partial charge in [0.25, 0.3) is 0 Å². The Morgan fingerprint density at radius 2 is 1.92 bits per heavy atom. The Kier molecular flexibility index (Phi) is 10.2. The molecular formula is C19H33NO4S. The molecule has 0 radical (unpaired) electrons. The second kappa shape index (κ2) is 11.6. The van der Waals surface area contributed by atoms with Gasteiger partial charge in [-0.3, -0.25) is 9.59 Å². The van der Waals surface area contributed by atoms with E-state index in [2.05, 4.69) is 6.58 Å². The van der Waals surface area contributed by atoms with E-state index in [0.29, 0.717) is 13.2 Å². The molecule has 0 spiro atoms. The number of carbonyl (C=O) groups is 2. The van der Waals surface area contributed by atoms with E-state index in [9.17, 15) is 9.59 Å². The van der Waals surface area contributed by atoms with Crippen LogP contribution >= 0.6 is 13.5 Å². The molecule has 144 valence electrons. The maximum Gasteiger partial charge on any atom is 0.309 e. The number of ether oxygens (including phenoxy) is 2. The van der Waals surface area contributed by atoms with E-state index in [1.807, 2.05) is 4.90 Å². The highest BCUT2D eigenvalue weighted by atomic mass is 32.1. The summed E-state index contributed by atoms with van der Waals surface area (Å²) < 4.78 is 10.7. The molecule has 1 heterocycles. The summed E-state index contributed by atoms with van der Waals surface area (Å²) in [5.41, 5.74) is 0. The third kappa shape index (κ3) is 6.66. The molecular weight excluding hydrogens is 338 g/mol. The Labute approximate surface area is 158 Å². The van der Waals surface area contributed by atoms with Crippen molar-refractivity contribution in [3.63, 3.8) is 0 Å². The summed E-state index contributed by atoms with van der Waals surface area (Å²) in [4.78, 5) is 26.8. The molecule has 2 fully saturated rings. The first-order chi connectivity index (χ1) is 11.7. The topological polar surface area (TPSA) is 55.8 Å². The SMILES string of the molecule is C=CCOC1CCCN(C(=O)C[C@H](C(=O)OC)C2CCCCC2)C1.S. The van der Waals surface area contributed by atoms with Crippen LogP contribution in [0.2, 0.25) is 0 Å². The summed E-state index contributed by atoms with van der Waals surface area (Å²) in [5.74, 6) is -0.181. The number of hydrogen-bond acceptors (Lipinski definition) is 4. The normalized spacial score (nSPS) is 22.6. The van der Waals surface area contributed by atoms with E-state index in [-0.39, 0.29) is 49.7 Å². The Balaban J connectivity index is 0.00000312. The average molecular weight is 372 g/mol. The number of rotatable bonds is 7. The van der Waals surface area contributed by atoms with Crippen LogP contribution in [0.1, 0.15) is 51.4 Å². The Bertz CT molecular complexity index is 437. The third-order valence-corrected chi connectivity index (χ3v) is 5.30. The lowest BCUT2D eigenvalue weighted by atomic mass is 9.78. The molecule has 6 heteroatoms. The monoisotopic (exact) mass is 371 g/mol.